The van der Waals surface area contributed by atoms with Gasteiger partial charge in [-0.05, 0) is 6.07 Å². The first kappa shape index (κ1) is 14.9. The average molecular weight is 335 g/mol. The number of rotatable bonds is 6. The van der Waals surface area contributed by atoms with Crippen LogP contribution in [0.15, 0.2) is 22.7 Å². The van der Waals surface area contributed by atoms with E-state index in [1.165, 1.54) is 17.8 Å². The number of aliphatic carboxylic acids is 1. The van der Waals surface area contributed by atoms with Crippen LogP contribution in [0.5, 0.6) is 0 Å². The Morgan fingerprint density at radius 3 is 2.83 bits per heavy atom. The van der Waals surface area contributed by atoms with Gasteiger partial charge in [-0.15, -0.1) is 0 Å². The van der Waals surface area contributed by atoms with E-state index in [4.69, 9.17) is 10.8 Å². The summed E-state index contributed by atoms with van der Waals surface area (Å²) in [4.78, 5) is 20.9. The van der Waals surface area contributed by atoms with Crippen molar-refractivity contribution < 1.29 is 14.8 Å². The Bertz CT molecular complexity index is 469. The van der Waals surface area contributed by atoms with Gasteiger partial charge in [0.15, 0.2) is 0 Å². The summed E-state index contributed by atoms with van der Waals surface area (Å²) in [6, 6.07) is 3.82. The van der Waals surface area contributed by atoms with Crippen LogP contribution >= 0.6 is 27.7 Å². The lowest BCUT2D eigenvalue weighted by molar-refractivity contribution is -0.385. The summed E-state index contributed by atoms with van der Waals surface area (Å²) in [7, 11) is 0. The standard InChI is InChI=1S/C10H11BrN2O4S/c11-7-2-1-6(9(3-7)13(16)17)4-18-5-8(12)10(14)15/h1-3,8H,4-5,12H2,(H,14,15)/t8-/m0/s1. The van der Waals surface area contributed by atoms with Crippen LogP contribution in [0.25, 0.3) is 0 Å². The van der Waals surface area contributed by atoms with Crippen molar-refractivity contribution in [2.24, 2.45) is 5.73 Å². The van der Waals surface area contributed by atoms with E-state index in [0.717, 1.165) is 0 Å². The lowest BCUT2D eigenvalue weighted by atomic mass is 10.2. The molecule has 18 heavy (non-hydrogen) atoms. The number of nitrogens with two attached hydrogens (primary N) is 1. The van der Waals surface area contributed by atoms with Gasteiger partial charge in [0.2, 0.25) is 0 Å². The summed E-state index contributed by atoms with van der Waals surface area (Å²) in [6.07, 6.45) is 0. The van der Waals surface area contributed by atoms with E-state index in [0.29, 0.717) is 15.8 Å². The van der Waals surface area contributed by atoms with Gasteiger partial charge >= 0.3 is 5.97 Å². The van der Waals surface area contributed by atoms with Gasteiger partial charge in [-0.3, -0.25) is 14.9 Å². The van der Waals surface area contributed by atoms with Crippen LogP contribution in [-0.4, -0.2) is 27.8 Å². The molecular weight excluding hydrogens is 324 g/mol. The molecule has 98 valence electrons. The molecule has 6 nitrogen and oxygen atoms in total. The smallest absolute Gasteiger partial charge is 0.321 e. The Hall–Kier alpha value is -1.12. The molecule has 0 saturated carbocycles. The topological polar surface area (TPSA) is 106 Å². The zero-order chi connectivity index (χ0) is 13.7. The molecule has 1 rings (SSSR count). The number of hydrogen-bond acceptors (Lipinski definition) is 5. The molecule has 0 saturated heterocycles. The second-order valence-electron chi connectivity index (χ2n) is 3.49. The summed E-state index contributed by atoms with van der Waals surface area (Å²) in [5.74, 6) is -0.513. The molecule has 0 amide bonds. The van der Waals surface area contributed by atoms with E-state index >= 15 is 0 Å². The fourth-order valence-electron chi connectivity index (χ4n) is 1.20. The number of halogens is 1. The van der Waals surface area contributed by atoms with E-state index in [1.807, 2.05) is 0 Å². The van der Waals surface area contributed by atoms with Crippen LogP contribution in [0.2, 0.25) is 0 Å². The maximum atomic E-state index is 10.8. The molecule has 1 aromatic carbocycles. The lowest BCUT2D eigenvalue weighted by Gasteiger charge is -2.06. The van der Waals surface area contributed by atoms with Gasteiger partial charge in [-0.25, -0.2) is 0 Å². The van der Waals surface area contributed by atoms with Crippen molar-refractivity contribution in [2.75, 3.05) is 5.75 Å². The van der Waals surface area contributed by atoms with Gasteiger partial charge in [0, 0.05) is 27.6 Å². The van der Waals surface area contributed by atoms with Gasteiger partial charge in [0.1, 0.15) is 6.04 Å². The zero-order valence-corrected chi connectivity index (χ0v) is 11.6. The van der Waals surface area contributed by atoms with E-state index in [-0.39, 0.29) is 11.4 Å². The molecular formula is C10H11BrN2O4S. The second-order valence-corrected chi connectivity index (χ2v) is 5.44. The highest BCUT2D eigenvalue weighted by Gasteiger charge is 2.16. The van der Waals surface area contributed by atoms with Crippen LogP contribution < -0.4 is 5.73 Å². The molecule has 0 fully saturated rings. The third-order valence-electron chi connectivity index (χ3n) is 2.12. The zero-order valence-electron chi connectivity index (χ0n) is 9.21. The first-order valence-electron chi connectivity index (χ1n) is 4.90. The van der Waals surface area contributed by atoms with E-state index in [9.17, 15) is 14.9 Å². The normalized spacial score (nSPS) is 12.1. The van der Waals surface area contributed by atoms with Crippen molar-refractivity contribution in [2.45, 2.75) is 11.8 Å². The summed E-state index contributed by atoms with van der Waals surface area (Å²) in [5, 5.41) is 19.4. The maximum Gasteiger partial charge on any atom is 0.321 e. The summed E-state index contributed by atoms with van der Waals surface area (Å²) in [6.45, 7) is 0. The van der Waals surface area contributed by atoms with Crippen molar-refractivity contribution in [3.63, 3.8) is 0 Å². The molecule has 0 heterocycles. The van der Waals surface area contributed by atoms with Crippen molar-refractivity contribution in [3.05, 3.63) is 38.3 Å². The number of hydrogen-bond donors (Lipinski definition) is 2. The largest absolute Gasteiger partial charge is 0.480 e. The maximum absolute atomic E-state index is 10.8. The van der Waals surface area contributed by atoms with Crippen LogP contribution in [-0.2, 0) is 10.5 Å². The van der Waals surface area contributed by atoms with Crippen molar-refractivity contribution in [1.82, 2.24) is 0 Å². The molecule has 0 unspecified atom stereocenters. The SMILES string of the molecule is N[C@@H](CSCc1ccc(Br)cc1[N+](=O)[O-])C(=O)O. The lowest BCUT2D eigenvalue weighted by Crippen LogP contribution is -2.32. The first-order valence-corrected chi connectivity index (χ1v) is 6.85. The summed E-state index contributed by atoms with van der Waals surface area (Å²) in [5.41, 5.74) is 5.90. The van der Waals surface area contributed by atoms with Crippen LogP contribution in [0.1, 0.15) is 5.56 Å². The summed E-state index contributed by atoms with van der Waals surface area (Å²) < 4.78 is 0.630. The number of thioether (sulfide) groups is 1. The Morgan fingerprint density at radius 1 is 1.61 bits per heavy atom. The van der Waals surface area contributed by atoms with Crippen molar-refractivity contribution >= 4 is 39.3 Å². The van der Waals surface area contributed by atoms with Crippen LogP contribution in [0, 0.1) is 10.1 Å². The number of nitro groups is 1. The van der Waals surface area contributed by atoms with Crippen molar-refractivity contribution in [3.8, 4) is 0 Å². The fourth-order valence-corrected chi connectivity index (χ4v) is 2.52. The van der Waals surface area contributed by atoms with Gasteiger partial charge in [0.25, 0.3) is 5.69 Å². The molecule has 0 spiro atoms. The number of carbonyl (C=O) groups is 1. The molecule has 3 N–H and O–H groups in total. The van der Waals surface area contributed by atoms with Gasteiger partial charge in [0.05, 0.1) is 4.92 Å². The molecule has 0 aromatic heterocycles. The Balaban J connectivity index is 2.67. The van der Waals surface area contributed by atoms with Gasteiger partial charge in [-0.2, -0.15) is 11.8 Å². The quantitative estimate of drug-likeness (QED) is 0.608. The number of benzene rings is 1. The molecule has 8 heteroatoms. The Morgan fingerprint density at radius 2 is 2.28 bits per heavy atom. The minimum absolute atomic E-state index is 0.0146. The Labute approximate surface area is 116 Å². The predicted molar refractivity (Wildman–Crippen MR) is 72.6 cm³/mol. The minimum atomic E-state index is -1.08. The molecule has 0 aliphatic heterocycles. The number of nitro benzene ring substituents is 1. The Kier molecular flexibility index (Phi) is 5.57. The third-order valence-corrected chi connectivity index (χ3v) is 3.72. The molecule has 0 aliphatic rings. The highest BCUT2D eigenvalue weighted by atomic mass is 79.9. The monoisotopic (exact) mass is 334 g/mol. The highest BCUT2D eigenvalue weighted by molar-refractivity contribution is 9.10. The number of carboxylic acid groups (broad SMARTS) is 1. The number of nitrogens with zero attached hydrogens (tertiary/aromatic N) is 1. The van der Waals surface area contributed by atoms with E-state index in [2.05, 4.69) is 15.9 Å². The summed E-state index contributed by atoms with van der Waals surface area (Å²) >= 11 is 4.42. The van der Waals surface area contributed by atoms with E-state index < -0.39 is 16.9 Å². The predicted octanol–water partition coefficient (Wildman–Crippen LogP) is 2.00. The van der Waals surface area contributed by atoms with Gasteiger partial charge in [-0.1, -0.05) is 22.0 Å². The van der Waals surface area contributed by atoms with Crippen LogP contribution in [0.3, 0.4) is 0 Å². The molecule has 1 aromatic rings. The third kappa shape index (κ3) is 4.28. The molecule has 0 radical (unpaired) electrons. The fraction of sp³-hybridized carbons (Fsp3) is 0.300. The van der Waals surface area contributed by atoms with Crippen molar-refractivity contribution in [1.29, 1.82) is 0 Å². The molecule has 1 atom stereocenters. The highest BCUT2D eigenvalue weighted by Crippen LogP contribution is 2.26. The minimum Gasteiger partial charge on any atom is -0.480 e. The molecule has 0 bridgehead atoms. The first-order chi connectivity index (χ1) is 8.41. The van der Waals surface area contributed by atoms with Gasteiger partial charge < -0.3 is 10.8 Å². The number of carboxylic acids is 1. The molecule has 0 aliphatic carbocycles. The average Bonchev–Trinajstić information content (AvgIpc) is 2.30. The second kappa shape index (κ2) is 6.72. The van der Waals surface area contributed by atoms with Crippen LogP contribution in [0.4, 0.5) is 5.69 Å². The van der Waals surface area contributed by atoms with E-state index in [1.54, 1.807) is 12.1 Å².